The fourth-order valence-corrected chi connectivity index (χ4v) is 2.54. The molecule has 0 spiro atoms. The van der Waals surface area contributed by atoms with Crippen LogP contribution >= 0.6 is 0 Å². The van der Waals surface area contributed by atoms with Crippen LogP contribution in [0.2, 0.25) is 0 Å². The van der Waals surface area contributed by atoms with E-state index in [0.29, 0.717) is 18.9 Å². The predicted octanol–water partition coefficient (Wildman–Crippen LogP) is 2.02. The largest absolute Gasteiger partial charge is 0.486 e. The summed E-state index contributed by atoms with van der Waals surface area (Å²) in [5.41, 5.74) is 7.57. The summed E-state index contributed by atoms with van der Waals surface area (Å²) in [6, 6.07) is 3.73. The maximum Gasteiger partial charge on any atom is 0.163 e. The van der Waals surface area contributed by atoms with Crippen molar-refractivity contribution in [2.75, 3.05) is 37.9 Å². The molecule has 0 aromatic heterocycles. The van der Waals surface area contributed by atoms with Gasteiger partial charge in [-0.15, -0.1) is 0 Å². The average Bonchev–Trinajstić information content (AvgIpc) is 2.38. The number of anilines is 2. The summed E-state index contributed by atoms with van der Waals surface area (Å²) in [6.07, 6.45) is 3.42. The molecule has 5 nitrogen and oxygen atoms in total. The Kier molecular flexibility index (Phi) is 3.14. The number of methoxy groups -OCH3 is 1. The summed E-state index contributed by atoms with van der Waals surface area (Å²) < 4.78 is 16.7. The lowest BCUT2D eigenvalue weighted by molar-refractivity contribution is -0.0601. The molecule has 0 atom stereocenters. The van der Waals surface area contributed by atoms with Crippen LogP contribution in [-0.4, -0.2) is 32.5 Å². The molecule has 1 fully saturated rings. The molecule has 1 aliphatic heterocycles. The van der Waals surface area contributed by atoms with Gasteiger partial charge in [0.1, 0.15) is 13.2 Å². The number of hydrogen-bond acceptors (Lipinski definition) is 5. The molecule has 0 amide bonds. The Morgan fingerprint density at radius 1 is 1.26 bits per heavy atom. The third kappa shape index (κ3) is 2.30. The minimum Gasteiger partial charge on any atom is -0.486 e. The normalized spacial score (nSPS) is 19.6. The molecule has 3 rings (SSSR count). The monoisotopic (exact) mass is 264 g/mol. The molecule has 0 bridgehead atoms. The summed E-state index contributed by atoms with van der Waals surface area (Å²) >= 11 is 0. The third-order valence-electron chi connectivity index (χ3n) is 4.01. The highest BCUT2D eigenvalue weighted by molar-refractivity contribution is 5.72. The molecule has 19 heavy (non-hydrogen) atoms. The molecule has 1 saturated carbocycles. The zero-order chi connectivity index (χ0) is 13.3. The summed E-state index contributed by atoms with van der Waals surface area (Å²) in [4.78, 5) is 0. The Morgan fingerprint density at radius 3 is 2.53 bits per heavy atom. The van der Waals surface area contributed by atoms with Crippen LogP contribution < -0.4 is 20.5 Å². The summed E-state index contributed by atoms with van der Waals surface area (Å²) in [6.45, 7) is 1.93. The van der Waals surface area contributed by atoms with Crippen LogP contribution in [-0.2, 0) is 4.74 Å². The van der Waals surface area contributed by atoms with Crippen molar-refractivity contribution in [2.24, 2.45) is 0 Å². The maximum absolute atomic E-state index is 6.04. The molecule has 1 aliphatic carbocycles. The van der Waals surface area contributed by atoms with Crippen LogP contribution in [0.15, 0.2) is 12.1 Å². The standard InChI is InChI=1S/C14H20N2O3/c1-17-14(3-2-4-14)9-16-11-8-13-12(7-10(11)15)18-5-6-19-13/h7-8,16H,2-6,9,15H2,1H3. The number of nitrogens with one attached hydrogen (secondary N) is 1. The zero-order valence-corrected chi connectivity index (χ0v) is 11.2. The molecule has 3 N–H and O–H groups in total. The van der Waals surface area contributed by atoms with Gasteiger partial charge in [-0.1, -0.05) is 0 Å². The van der Waals surface area contributed by atoms with E-state index in [1.165, 1.54) is 6.42 Å². The van der Waals surface area contributed by atoms with Crippen LogP contribution in [0.1, 0.15) is 19.3 Å². The number of benzene rings is 1. The molecule has 104 valence electrons. The van der Waals surface area contributed by atoms with E-state index in [2.05, 4.69) is 5.32 Å². The molecule has 0 radical (unpaired) electrons. The van der Waals surface area contributed by atoms with E-state index < -0.39 is 0 Å². The highest BCUT2D eigenvalue weighted by Crippen LogP contribution is 2.39. The lowest BCUT2D eigenvalue weighted by Crippen LogP contribution is -2.45. The van der Waals surface area contributed by atoms with Crippen molar-refractivity contribution < 1.29 is 14.2 Å². The Morgan fingerprint density at radius 2 is 1.95 bits per heavy atom. The van der Waals surface area contributed by atoms with Crippen molar-refractivity contribution >= 4 is 11.4 Å². The van der Waals surface area contributed by atoms with E-state index >= 15 is 0 Å². The van der Waals surface area contributed by atoms with E-state index in [1.54, 1.807) is 7.11 Å². The van der Waals surface area contributed by atoms with Gasteiger partial charge in [0.25, 0.3) is 0 Å². The van der Waals surface area contributed by atoms with Crippen LogP contribution in [0.25, 0.3) is 0 Å². The van der Waals surface area contributed by atoms with Gasteiger partial charge in [-0.05, 0) is 19.3 Å². The Labute approximate surface area is 113 Å². The van der Waals surface area contributed by atoms with Crippen molar-refractivity contribution in [3.05, 3.63) is 12.1 Å². The van der Waals surface area contributed by atoms with Gasteiger partial charge in [0, 0.05) is 25.8 Å². The van der Waals surface area contributed by atoms with E-state index in [9.17, 15) is 0 Å². The van der Waals surface area contributed by atoms with Gasteiger partial charge in [0.2, 0.25) is 0 Å². The minimum atomic E-state index is -0.0281. The van der Waals surface area contributed by atoms with Crippen LogP contribution in [0, 0.1) is 0 Å². The highest BCUT2D eigenvalue weighted by Gasteiger charge is 2.36. The first-order chi connectivity index (χ1) is 9.22. The van der Waals surface area contributed by atoms with Crippen LogP contribution in [0.4, 0.5) is 11.4 Å². The smallest absolute Gasteiger partial charge is 0.163 e. The van der Waals surface area contributed by atoms with Crippen LogP contribution in [0.5, 0.6) is 11.5 Å². The number of nitrogens with two attached hydrogens (primary N) is 1. The first-order valence-electron chi connectivity index (χ1n) is 6.71. The van der Waals surface area contributed by atoms with E-state index in [4.69, 9.17) is 19.9 Å². The second-order valence-corrected chi connectivity index (χ2v) is 5.18. The van der Waals surface area contributed by atoms with Crippen molar-refractivity contribution in [3.8, 4) is 11.5 Å². The third-order valence-corrected chi connectivity index (χ3v) is 4.01. The topological polar surface area (TPSA) is 65.7 Å². The zero-order valence-electron chi connectivity index (χ0n) is 11.2. The molecule has 1 aromatic rings. The minimum absolute atomic E-state index is 0.0281. The number of rotatable bonds is 4. The Hall–Kier alpha value is -1.62. The van der Waals surface area contributed by atoms with E-state index in [-0.39, 0.29) is 5.60 Å². The Bertz CT molecular complexity index is 466. The molecular formula is C14H20N2O3. The van der Waals surface area contributed by atoms with Gasteiger partial charge in [-0.2, -0.15) is 0 Å². The van der Waals surface area contributed by atoms with E-state index in [1.807, 2.05) is 12.1 Å². The molecule has 1 heterocycles. The number of nitrogen functional groups attached to an aromatic ring is 1. The fourth-order valence-electron chi connectivity index (χ4n) is 2.54. The number of ether oxygens (including phenoxy) is 3. The molecular weight excluding hydrogens is 244 g/mol. The summed E-state index contributed by atoms with van der Waals surface area (Å²) in [5, 5.41) is 3.37. The SMILES string of the molecule is COC1(CNc2cc3c(cc2N)OCCO3)CCC1. The van der Waals surface area contributed by atoms with Crippen molar-refractivity contribution in [1.29, 1.82) is 0 Å². The quantitative estimate of drug-likeness (QED) is 0.814. The van der Waals surface area contributed by atoms with Crippen molar-refractivity contribution in [3.63, 3.8) is 0 Å². The maximum atomic E-state index is 6.04. The molecule has 0 saturated heterocycles. The fraction of sp³-hybridized carbons (Fsp3) is 0.571. The first kappa shape index (κ1) is 12.4. The summed E-state index contributed by atoms with van der Waals surface area (Å²) in [7, 11) is 1.77. The van der Waals surface area contributed by atoms with Crippen LogP contribution in [0.3, 0.4) is 0 Å². The van der Waals surface area contributed by atoms with Gasteiger partial charge in [-0.3, -0.25) is 0 Å². The van der Waals surface area contributed by atoms with Crippen molar-refractivity contribution in [1.82, 2.24) is 0 Å². The van der Waals surface area contributed by atoms with E-state index in [0.717, 1.165) is 36.6 Å². The molecule has 5 heteroatoms. The highest BCUT2D eigenvalue weighted by atomic mass is 16.6. The lowest BCUT2D eigenvalue weighted by atomic mass is 9.80. The molecule has 2 aliphatic rings. The predicted molar refractivity (Wildman–Crippen MR) is 73.9 cm³/mol. The van der Waals surface area contributed by atoms with Gasteiger partial charge >= 0.3 is 0 Å². The van der Waals surface area contributed by atoms with Gasteiger partial charge in [-0.25, -0.2) is 0 Å². The second-order valence-electron chi connectivity index (χ2n) is 5.18. The van der Waals surface area contributed by atoms with Crippen molar-refractivity contribution in [2.45, 2.75) is 24.9 Å². The van der Waals surface area contributed by atoms with Gasteiger partial charge in [0.15, 0.2) is 11.5 Å². The van der Waals surface area contributed by atoms with Gasteiger partial charge < -0.3 is 25.3 Å². The Balaban J connectivity index is 1.73. The first-order valence-corrected chi connectivity index (χ1v) is 6.71. The van der Waals surface area contributed by atoms with Gasteiger partial charge in [0.05, 0.1) is 17.0 Å². The second kappa shape index (κ2) is 4.81. The number of hydrogen-bond donors (Lipinski definition) is 2. The number of fused-ring (bicyclic) bond motifs is 1. The molecule has 0 unspecified atom stereocenters. The summed E-state index contributed by atoms with van der Waals surface area (Å²) in [5.74, 6) is 1.47. The average molecular weight is 264 g/mol. The lowest BCUT2D eigenvalue weighted by Gasteiger charge is -2.40. The molecule has 1 aromatic carbocycles.